The number of carboxylic acids is 1. The normalized spacial score (nSPS) is 24.1. The number of H-pyrrole nitrogens is 1. The predicted octanol–water partition coefficient (Wildman–Crippen LogP) is 1.44. The molecule has 1 aromatic rings. The van der Waals surface area contributed by atoms with Gasteiger partial charge in [0.2, 0.25) is 0 Å². The number of hydrogen-bond donors (Lipinski definition) is 3. The van der Waals surface area contributed by atoms with Crippen LogP contribution in [0, 0.1) is 12.8 Å². The van der Waals surface area contributed by atoms with E-state index in [4.69, 9.17) is 5.11 Å². The number of Topliss-reactive ketones (excluding diaryl/α,β-unsaturated/α-hetero) is 1. The lowest BCUT2D eigenvalue weighted by atomic mass is 9.80. The van der Waals surface area contributed by atoms with E-state index in [1.807, 2.05) is 0 Å². The largest absolute Gasteiger partial charge is 0.481 e. The lowest BCUT2D eigenvalue weighted by Crippen LogP contribution is -2.46. The van der Waals surface area contributed by atoms with Crippen LogP contribution in [0.5, 0.6) is 0 Å². The lowest BCUT2D eigenvalue weighted by Gasteiger charge is -2.32. The summed E-state index contributed by atoms with van der Waals surface area (Å²) in [4.78, 5) is 38.0. The quantitative estimate of drug-likeness (QED) is 0.784. The third-order valence-corrected chi connectivity index (χ3v) is 4.49. The molecule has 0 unspecified atom stereocenters. The summed E-state index contributed by atoms with van der Waals surface area (Å²) >= 11 is 0. The van der Waals surface area contributed by atoms with Crippen LogP contribution in [0.3, 0.4) is 0 Å². The summed E-state index contributed by atoms with van der Waals surface area (Å²) in [6.45, 7) is 1.79. The Morgan fingerprint density at radius 2 is 2.00 bits per heavy atom. The van der Waals surface area contributed by atoms with Gasteiger partial charge in [0.15, 0.2) is 5.78 Å². The number of nitrogens with one attached hydrogen (secondary N) is 2. The van der Waals surface area contributed by atoms with Crippen molar-refractivity contribution in [3.05, 3.63) is 22.5 Å². The van der Waals surface area contributed by atoms with E-state index in [0.717, 1.165) is 18.5 Å². The number of fused-ring (bicyclic) bond motifs is 1. The SMILES string of the molecule is Cc1c(C(=O)NC2CC(C(=O)O)C2)[nH]c2c1C(=O)CCC2. The average Bonchev–Trinajstić information content (AvgIpc) is 2.71. The zero-order valence-electron chi connectivity index (χ0n) is 11.9. The van der Waals surface area contributed by atoms with Crippen LogP contribution >= 0.6 is 0 Å². The Kier molecular flexibility index (Phi) is 3.31. The third-order valence-electron chi connectivity index (χ3n) is 4.49. The molecular weight excluding hydrogens is 272 g/mol. The van der Waals surface area contributed by atoms with Gasteiger partial charge < -0.3 is 15.4 Å². The fourth-order valence-electron chi connectivity index (χ4n) is 3.20. The smallest absolute Gasteiger partial charge is 0.306 e. The summed E-state index contributed by atoms with van der Waals surface area (Å²) in [7, 11) is 0. The fourth-order valence-corrected chi connectivity index (χ4v) is 3.20. The zero-order valence-corrected chi connectivity index (χ0v) is 11.9. The Morgan fingerprint density at radius 3 is 2.62 bits per heavy atom. The molecule has 1 fully saturated rings. The van der Waals surface area contributed by atoms with E-state index in [9.17, 15) is 14.4 Å². The number of ketones is 1. The Labute approximate surface area is 121 Å². The van der Waals surface area contributed by atoms with E-state index < -0.39 is 5.97 Å². The second-order valence-electron chi connectivity index (χ2n) is 5.93. The molecule has 3 rings (SSSR count). The molecule has 0 atom stereocenters. The van der Waals surface area contributed by atoms with Gasteiger partial charge in [-0.2, -0.15) is 0 Å². The first kappa shape index (κ1) is 13.9. The van der Waals surface area contributed by atoms with Gasteiger partial charge in [-0.15, -0.1) is 0 Å². The van der Waals surface area contributed by atoms with Crippen molar-refractivity contribution in [1.82, 2.24) is 10.3 Å². The standard InChI is InChI=1S/C15H18N2O4/c1-7-12-10(3-2-4-11(12)18)17-13(7)14(19)16-9-5-8(6-9)15(20)21/h8-9,17H,2-6H2,1H3,(H,16,19)(H,20,21). The Balaban J connectivity index is 1.72. The van der Waals surface area contributed by atoms with E-state index in [1.165, 1.54) is 0 Å². The molecule has 6 heteroatoms. The van der Waals surface area contributed by atoms with Crippen LogP contribution in [0.15, 0.2) is 0 Å². The van der Waals surface area contributed by atoms with Crippen molar-refractivity contribution in [2.45, 2.75) is 45.1 Å². The number of aromatic nitrogens is 1. The first-order valence-electron chi connectivity index (χ1n) is 7.25. The molecular formula is C15H18N2O4. The summed E-state index contributed by atoms with van der Waals surface area (Å²) in [6, 6.07) is -0.0889. The molecule has 1 aromatic heterocycles. The van der Waals surface area contributed by atoms with Gasteiger partial charge in [0, 0.05) is 23.7 Å². The molecule has 0 bridgehead atoms. The van der Waals surface area contributed by atoms with Gasteiger partial charge in [-0.1, -0.05) is 0 Å². The molecule has 3 N–H and O–H groups in total. The van der Waals surface area contributed by atoms with Crippen LogP contribution in [0.1, 0.15) is 57.8 Å². The molecule has 0 aliphatic heterocycles. The molecule has 0 radical (unpaired) electrons. The fraction of sp³-hybridized carbons (Fsp3) is 0.533. The van der Waals surface area contributed by atoms with Gasteiger partial charge >= 0.3 is 5.97 Å². The monoisotopic (exact) mass is 290 g/mol. The summed E-state index contributed by atoms with van der Waals surface area (Å²) in [5.74, 6) is -1.31. The minimum absolute atomic E-state index is 0.0889. The van der Waals surface area contributed by atoms with Crippen LogP contribution in [-0.4, -0.2) is 33.8 Å². The summed E-state index contributed by atoms with van der Waals surface area (Å²) in [6.07, 6.45) is 3.09. The molecule has 1 saturated carbocycles. The van der Waals surface area contributed by atoms with Crippen molar-refractivity contribution in [1.29, 1.82) is 0 Å². The Bertz CT molecular complexity index is 626. The molecule has 1 amide bonds. The highest BCUT2D eigenvalue weighted by atomic mass is 16.4. The van der Waals surface area contributed by atoms with E-state index in [1.54, 1.807) is 6.92 Å². The van der Waals surface area contributed by atoms with E-state index in [-0.39, 0.29) is 23.7 Å². The maximum Gasteiger partial charge on any atom is 0.306 e. The number of carboxylic acid groups (broad SMARTS) is 1. The van der Waals surface area contributed by atoms with Gasteiger partial charge in [-0.3, -0.25) is 14.4 Å². The first-order valence-corrected chi connectivity index (χ1v) is 7.25. The summed E-state index contributed by atoms with van der Waals surface area (Å²) < 4.78 is 0. The number of hydrogen-bond acceptors (Lipinski definition) is 3. The van der Waals surface area contributed by atoms with Crippen LogP contribution in [0.2, 0.25) is 0 Å². The van der Waals surface area contributed by atoms with Gasteiger partial charge in [0.05, 0.1) is 5.92 Å². The van der Waals surface area contributed by atoms with Crippen molar-refractivity contribution < 1.29 is 19.5 Å². The highest BCUT2D eigenvalue weighted by Gasteiger charge is 2.36. The molecule has 2 aliphatic carbocycles. The number of aliphatic carboxylic acids is 1. The number of rotatable bonds is 3. The molecule has 21 heavy (non-hydrogen) atoms. The minimum atomic E-state index is -0.808. The van der Waals surface area contributed by atoms with Gasteiger partial charge in [-0.05, 0) is 38.2 Å². The van der Waals surface area contributed by atoms with Crippen molar-refractivity contribution in [2.75, 3.05) is 0 Å². The lowest BCUT2D eigenvalue weighted by molar-refractivity contribution is -0.145. The van der Waals surface area contributed by atoms with Crippen LogP contribution in [0.4, 0.5) is 0 Å². The molecule has 0 aromatic carbocycles. The van der Waals surface area contributed by atoms with Gasteiger partial charge in [0.1, 0.15) is 5.69 Å². The topological polar surface area (TPSA) is 99.3 Å². The van der Waals surface area contributed by atoms with Crippen LogP contribution in [0.25, 0.3) is 0 Å². The maximum absolute atomic E-state index is 12.3. The average molecular weight is 290 g/mol. The van der Waals surface area contributed by atoms with E-state index in [0.29, 0.717) is 36.1 Å². The molecule has 0 saturated heterocycles. The number of aryl methyl sites for hydroxylation is 1. The van der Waals surface area contributed by atoms with Crippen molar-refractivity contribution in [3.8, 4) is 0 Å². The highest BCUT2D eigenvalue weighted by molar-refractivity contribution is 6.04. The Morgan fingerprint density at radius 1 is 1.29 bits per heavy atom. The molecule has 0 spiro atoms. The maximum atomic E-state index is 12.3. The number of carbonyl (C=O) groups is 3. The first-order chi connectivity index (χ1) is 9.97. The molecule has 1 heterocycles. The number of amides is 1. The van der Waals surface area contributed by atoms with E-state index in [2.05, 4.69) is 10.3 Å². The van der Waals surface area contributed by atoms with Crippen molar-refractivity contribution in [3.63, 3.8) is 0 Å². The second-order valence-corrected chi connectivity index (χ2v) is 5.93. The molecule has 112 valence electrons. The molecule has 6 nitrogen and oxygen atoms in total. The third kappa shape index (κ3) is 2.34. The summed E-state index contributed by atoms with van der Waals surface area (Å²) in [5, 5.41) is 11.7. The summed E-state index contributed by atoms with van der Waals surface area (Å²) in [5.41, 5.74) is 2.67. The minimum Gasteiger partial charge on any atom is -0.481 e. The zero-order chi connectivity index (χ0) is 15.1. The van der Waals surface area contributed by atoms with E-state index >= 15 is 0 Å². The van der Waals surface area contributed by atoms with Crippen molar-refractivity contribution >= 4 is 17.7 Å². The number of carbonyl (C=O) groups excluding carboxylic acids is 2. The van der Waals surface area contributed by atoms with Crippen LogP contribution in [-0.2, 0) is 11.2 Å². The van der Waals surface area contributed by atoms with Crippen molar-refractivity contribution in [2.24, 2.45) is 5.92 Å². The highest BCUT2D eigenvalue weighted by Crippen LogP contribution is 2.29. The van der Waals surface area contributed by atoms with Gasteiger partial charge in [0.25, 0.3) is 5.91 Å². The second kappa shape index (κ2) is 5.02. The predicted molar refractivity (Wildman–Crippen MR) is 74.4 cm³/mol. The number of aromatic amines is 1. The van der Waals surface area contributed by atoms with Gasteiger partial charge in [-0.25, -0.2) is 0 Å². The Hall–Kier alpha value is -2.11. The van der Waals surface area contributed by atoms with Crippen LogP contribution < -0.4 is 5.32 Å². The molecule has 2 aliphatic rings.